The number of nitrogens with two attached hydrogens (primary N) is 1. The minimum Gasteiger partial charge on any atom is -0.245 e. The van der Waals surface area contributed by atoms with Crippen LogP contribution in [0.5, 0.6) is 0 Å². The summed E-state index contributed by atoms with van der Waals surface area (Å²) in [7, 11) is -4.19. The van der Waals surface area contributed by atoms with Crippen LogP contribution in [0, 0.1) is 11.6 Å². The zero-order valence-electron chi connectivity index (χ0n) is 8.45. The Morgan fingerprint density at radius 2 is 1.88 bits per heavy atom. The van der Waals surface area contributed by atoms with E-state index >= 15 is 0 Å². The molecule has 2 rings (SSSR count). The number of hydrogen-bond acceptors (Lipinski definition) is 2. The van der Waals surface area contributed by atoms with Gasteiger partial charge < -0.3 is 0 Å². The van der Waals surface area contributed by atoms with Gasteiger partial charge in [-0.3, -0.25) is 0 Å². The minimum atomic E-state index is -4.19. The quantitative estimate of drug-likeness (QED) is 0.826. The van der Waals surface area contributed by atoms with Crippen LogP contribution in [-0.2, 0) is 16.6 Å². The molecule has 2 atom stereocenters. The molecule has 0 bridgehead atoms. The summed E-state index contributed by atoms with van der Waals surface area (Å²) < 4.78 is 63.7. The number of rotatable bonds is 2. The minimum absolute atomic E-state index is 0.154. The SMILES string of the molecule is NS(=O)(=O)N[C@@H]1c2c(F)ccc(F)c2C[C@H]1F. The molecule has 1 aromatic rings. The monoisotopic (exact) mass is 266 g/mol. The Labute approximate surface area is 95.8 Å². The van der Waals surface area contributed by atoms with E-state index in [-0.39, 0.29) is 17.5 Å². The molecular weight excluding hydrogens is 257 g/mol. The van der Waals surface area contributed by atoms with Crippen molar-refractivity contribution in [3.63, 3.8) is 0 Å². The summed E-state index contributed by atoms with van der Waals surface area (Å²) in [5, 5.41) is 4.70. The van der Waals surface area contributed by atoms with E-state index in [1.165, 1.54) is 0 Å². The lowest BCUT2D eigenvalue weighted by Gasteiger charge is -2.14. The Morgan fingerprint density at radius 3 is 2.47 bits per heavy atom. The van der Waals surface area contributed by atoms with Crippen LogP contribution in [0.3, 0.4) is 0 Å². The van der Waals surface area contributed by atoms with Gasteiger partial charge in [-0.25, -0.2) is 18.3 Å². The average Bonchev–Trinajstić information content (AvgIpc) is 2.49. The summed E-state index contributed by atoms with van der Waals surface area (Å²) in [6.45, 7) is 0. The molecule has 1 aromatic carbocycles. The highest BCUT2D eigenvalue weighted by molar-refractivity contribution is 7.87. The molecule has 1 aliphatic carbocycles. The van der Waals surface area contributed by atoms with Gasteiger partial charge in [0.05, 0.1) is 6.04 Å². The van der Waals surface area contributed by atoms with E-state index in [2.05, 4.69) is 0 Å². The first-order valence-electron chi connectivity index (χ1n) is 4.70. The van der Waals surface area contributed by atoms with Crippen molar-refractivity contribution in [3.05, 3.63) is 34.9 Å². The van der Waals surface area contributed by atoms with Crippen LogP contribution in [0.1, 0.15) is 17.2 Å². The Hall–Kier alpha value is -1.12. The van der Waals surface area contributed by atoms with Gasteiger partial charge in [0.1, 0.15) is 17.8 Å². The first-order valence-corrected chi connectivity index (χ1v) is 6.25. The number of hydrogen-bond donors (Lipinski definition) is 2. The fourth-order valence-corrected chi connectivity index (χ4v) is 2.58. The number of halogens is 3. The standard InChI is InChI=1S/C9H9F3N2O2S/c10-5-1-2-6(11)8-4(5)3-7(12)9(8)14-17(13,15)16/h1-2,7,9,14H,3H2,(H2,13,15,16)/t7-,9+/m1/s1. The van der Waals surface area contributed by atoms with Gasteiger partial charge >= 0.3 is 0 Å². The summed E-state index contributed by atoms with van der Waals surface area (Å²) in [5.41, 5.74) is -0.467. The van der Waals surface area contributed by atoms with E-state index in [1.54, 1.807) is 4.72 Å². The zero-order valence-corrected chi connectivity index (χ0v) is 9.27. The van der Waals surface area contributed by atoms with Crippen LogP contribution >= 0.6 is 0 Å². The van der Waals surface area contributed by atoms with Gasteiger partial charge in [0.25, 0.3) is 10.2 Å². The fraction of sp³-hybridized carbons (Fsp3) is 0.333. The smallest absolute Gasteiger partial charge is 0.245 e. The maximum absolute atomic E-state index is 13.6. The predicted molar refractivity (Wildman–Crippen MR) is 53.9 cm³/mol. The van der Waals surface area contributed by atoms with Crippen LogP contribution in [0.15, 0.2) is 12.1 Å². The molecule has 1 aliphatic rings. The second-order valence-electron chi connectivity index (χ2n) is 3.78. The van der Waals surface area contributed by atoms with Crippen LogP contribution in [0.4, 0.5) is 13.2 Å². The van der Waals surface area contributed by atoms with Crippen molar-refractivity contribution in [1.29, 1.82) is 0 Å². The Balaban J connectivity index is 2.50. The first kappa shape index (κ1) is 12.3. The van der Waals surface area contributed by atoms with Gasteiger partial charge in [-0.15, -0.1) is 0 Å². The Bertz CT molecular complexity index is 562. The van der Waals surface area contributed by atoms with Crippen molar-refractivity contribution >= 4 is 10.2 Å². The van der Waals surface area contributed by atoms with Crippen molar-refractivity contribution in [1.82, 2.24) is 4.72 Å². The largest absolute Gasteiger partial charge is 0.275 e. The highest BCUT2D eigenvalue weighted by Crippen LogP contribution is 2.37. The summed E-state index contributed by atoms with van der Waals surface area (Å²) in [4.78, 5) is 0. The lowest BCUT2D eigenvalue weighted by molar-refractivity contribution is 0.287. The van der Waals surface area contributed by atoms with Crippen LogP contribution in [-0.4, -0.2) is 14.6 Å². The molecule has 4 nitrogen and oxygen atoms in total. The molecule has 17 heavy (non-hydrogen) atoms. The molecule has 0 unspecified atom stereocenters. The van der Waals surface area contributed by atoms with Crippen molar-refractivity contribution in [3.8, 4) is 0 Å². The maximum atomic E-state index is 13.6. The van der Waals surface area contributed by atoms with Gasteiger partial charge in [0, 0.05) is 12.0 Å². The Kier molecular flexibility index (Phi) is 2.88. The van der Waals surface area contributed by atoms with E-state index in [1.807, 2.05) is 0 Å². The fourth-order valence-electron chi connectivity index (χ4n) is 1.96. The maximum Gasteiger partial charge on any atom is 0.275 e. The van der Waals surface area contributed by atoms with E-state index in [9.17, 15) is 21.6 Å². The van der Waals surface area contributed by atoms with E-state index in [0.29, 0.717) is 0 Å². The molecule has 0 amide bonds. The summed E-state index contributed by atoms with van der Waals surface area (Å²) >= 11 is 0. The van der Waals surface area contributed by atoms with Crippen molar-refractivity contribution in [2.75, 3.05) is 0 Å². The highest BCUT2D eigenvalue weighted by Gasteiger charge is 2.38. The van der Waals surface area contributed by atoms with E-state index in [0.717, 1.165) is 12.1 Å². The predicted octanol–water partition coefficient (Wildman–Crippen LogP) is 0.693. The third-order valence-electron chi connectivity index (χ3n) is 2.61. The zero-order chi connectivity index (χ0) is 12.8. The molecule has 0 saturated heterocycles. The lowest BCUT2D eigenvalue weighted by atomic mass is 10.1. The van der Waals surface area contributed by atoms with Gasteiger partial charge in [0.2, 0.25) is 0 Å². The van der Waals surface area contributed by atoms with E-state index in [4.69, 9.17) is 5.14 Å². The molecule has 8 heteroatoms. The van der Waals surface area contributed by atoms with E-state index < -0.39 is 34.1 Å². The molecule has 0 heterocycles. The number of fused-ring (bicyclic) bond motifs is 1. The van der Waals surface area contributed by atoms with Crippen molar-refractivity contribution in [2.24, 2.45) is 5.14 Å². The average molecular weight is 266 g/mol. The van der Waals surface area contributed by atoms with Crippen molar-refractivity contribution in [2.45, 2.75) is 18.6 Å². The summed E-state index contributed by atoms with van der Waals surface area (Å²) in [5.74, 6) is -1.62. The molecule has 0 radical (unpaired) electrons. The molecule has 0 aliphatic heterocycles. The molecule has 94 valence electrons. The topological polar surface area (TPSA) is 72.2 Å². The van der Waals surface area contributed by atoms with Crippen molar-refractivity contribution < 1.29 is 21.6 Å². The third-order valence-corrected chi connectivity index (χ3v) is 3.19. The molecule has 0 aromatic heterocycles. The molecular formula is C9H9F3N2O2S. The molecule has 3 N–H and O–H groups in total. The van der Waals surface area contributed by atoms with Crippen LogP contribution in [0.25, 0.3) is 0 Å². The summed E-state index contributed by atoms with van der Waals surface area (Å²) in [6, 6.07) is 0.222. The molecule has 0 saturated carbocycles. The molecule has 0 fully saturated rings. The van der Waals surface area contributed by atoms with Gasteiger partial charge in [-0.1, -0.05) is 0 Å². The second-order valence-corrected chi connectivity index (χ2v) is 5.11. The third kappa shape index (κ3) is 2.28. The Morgan fingerprint density at radius 1 is 1.29 bits per heavy atom. The number of alkyl halides is 1. The molecule has 0 spiro atoms. The first-order chi connectivity index (χ1) is 7.79. The van der Waals surface area contributed by atoms with Crippen LogP contribution in [0.2, 0.25) is 0 Å². The highest BCUT2D eigenvalue weighted by atomic mass is 32.2. The van der Waals surface area contributed by atoms with Crippen LogP contribution < -0.4 is 9.86 Å². The van der Waals surface area contributed by atoms with Gasteiger partial charge in [0.15, 0.2) is 0 Å². The number of nitrogens with one attached hydrogen (secondary N) is 1. The normalized spacial score (nSPS) is 23.8. The van der Waals surface area contributed by atoms with Gasteiger partial charge in [-0.2, -0.15) is 13.1 Å². The lowest BCUT2D eigenvalue weighted by Crippen LogP contribution is -2.37. The second kappa shape index (κ2) is 3.97. The van der Waals surface area contributed by atoms with Gasteiger partial charge in [-0.05, 0) is 17.7 Å². The summed E-state index contributed by atoms with van der Waals surface area (Å²) in [6.07, 6.45) is -2.12. The number of benzene rings is 1.